The maximum atomic E-state index is 13.3. The number of hydrogen-bond donors (Lipinski definition) is 0. The molecule has 0 aliphatic rings. The molecule has 1 atom stereocenters. The first-order valence-corrected chi connectivity index (χ1v) is 12.8. The second-order valence-electron chi connectivity index (χ2n) is 10.3. The quantitative estimate of drug-likeness (QED) is 0.214. The Morgan fingerprint density at radius 3 is 1.85 bits per heavy atom. The van der Waals surface area contributed by atoms with Gasteiger partial charge in [0.2, 0.25) is 0 Å². The first-order chi connectivity index (χ1) is 18.3. The summed E-state index contributed by atoms with van der Waals surface area (Å²) >= 11 is 0. The summed E-state index contributed by atoms with van der Waals surface area (Å²) in [5, 5.41) is 0. The molecule has 0 aliphatic carbocycles. The van der Waals surface area contributed by atoms with Gasteiger partial charge in [0, 0.05) is 5.69 Å². The second-order valence-corrected chi connectivity index (χ2v) is 10.3. The van der Waals surface area contributed by atoms with Gasteiger partial charge in [-0.1, -0.05) is 89.1 Å². The van der Waals surface area contributed by atoms with Gasteiger partial charge in [-0.3, -0.25) is 9.69 Å². The van der Waals surface area contributed by atoms with E-state index in [1.165, 1.54) is 36.3 Å². The summed E-state index contributed by atoms with van der Waals surface area (Å²) < 4.78 is 46.2. The number of hydrogen-bond acceptors (Lipinski definition) is 4. The van der Waals surface area contributed by atoms with E-state index in [-0.39, 0.29) is 11.2 Å². The molecule has 39 heavy (non-hydrogen) atoms. The zero-order valence-corrected chi connectivity index (χ0v) is 22.8. The number of benzene rings is 3. The van der Waals surface area contributed by atoms with Crippen LogP contribution in [0.15, 0.2) is 72.8 Å². The number of methoxy groups -OCH3 is 1. The largest absolute Gasteiger partial charge is 0.573 e. The number of anilines is 1. The Balaban J connectivity index is 1.99. The fraction of sp³-hybridized carbons (Fsp3) is 0.355. The van der Waals surface area contributed by atoms with E-state index in [0.29, 0.717) is 17.7 Å². The fourth-order valence-corrected chi connectivity index (χ4v) is 4.34. The highest BCUT2D eigenvalue weighted by Gasteiger charge is 2.32. The minimum absolute atomic E-state index is 0.0358. The summed E-state index contributed by atoms with van der Waals surface area (Å²) in [6.07, 6.45) is -2.39. The molecule has 1 unspecified atom stereocenters. The third kappa shape index (κ3) is 7.85. The first kappa shape index (κ1) is 29.7. The Kier molecular flexibility index (Phi) is 9.43. The minimum Gasteiger partial charge on any atom is -0.462 e. The molecule has 0 aromatic heterocycles. The van der Waals surface area contributed by atoms with Crippen molar-refractivity contribution >= 4 is 17.6 Å². The van der Waals surface area contributed by atoms with Crippen molar-refractivity contribution in [3.05, 3.63) is 83.9 Å². The van der Waals surface area contributed by atoms with Crippen LogP contribution in [-0.4, -0.2) is 25.3 Å². The fourth-order valence-electron chi connectivity index (χ4n) is 4.34. The van der Waals surface area contributed by atoms with Crippen LogP contribution in [0.3, 0.4) is 0 Å². The molecule has 3 aromatic rings. The molecule has 0 fully saturated rings. The zero-order chi connectivity index (χ0) is 28.8. The molecule has 1 amide bonds. The Morgan fingerprint density at radius 2 is 1.38 bits per heavy atom. The van der Waals surface area contributed by atoms with Crippen LogP contribution in [0.25, 0.3) is 11.1 Å². The Morgan fingerprint density at radius 1 is 0.846 bits per heavy atom. The normalized spacial score (nSPS) is 12.5. The average molecular weight is 542 g/mol. The molecule has 0 aliphatic heterocycles. The SMILES string of the molecule is CCCCC(c1ccc(C(C)(C)C)cc1)N(C(=O)C(=O)OC)c1ccc(-c2ccc(OC(F)(F)F)cc2)cc1. The monoisotopic (exact) mass is 541 g/mol. The van der Waals surface area contributed by atoms with Crippen LogP contribution in [0, 0.1) is 0 Å². The van der Waals surface area contributed by atoms with E-state index < -0.39 is 24.3 Å². The molecule has 208 valence electrons. The number of rotatable bonds is 8. The number of amides is 1. The van der Waals surface area contributed by atoms with Crippen LogP contribution < -0.4 is 9.64 Å². The van der Waals surface area contributed by atoms with Crippen molar-refractivity contribution in [2.75, 3.05) is 12.0 Å². The van der Waals surface area contributed by atoms with Crippen molar-refractivity contribution in [3.8, 4) is 16.9 Å². The Bertz CT molecular complexity index is 1250. The third-order valence-corrected chi connectivity index (χ3v) is 6.45. The third-order valence-electron chi connectivity index (χ3n) is 6.45. The van der Waals surface area contributed by atoms with E-state index in [0.717, 1.165) is 29.5 Å². The van der Waals surface area contributed by atoms with E-state index in [1.54, 1.807) is 24.3 Å². The molecular formula is C31H34F3NO4. The highest BCUT2D eigenvalue weighted by atomic mass is 19.4. The second kappa shape index (κ2) is 12.4. The van der Waals surface area contributed by atoms with Gasteiger partial charge >= 0.3 is 18.2 Å². The van der Waals surface area contributed by atoms with Crippen molar-refractivity contribution in [3.63, 3.8) is 0 Å². The molecule has 3 aromatic carbocycles. The van der Waals surface area contributed by atoms with E-state index >= 15 is 0 Å². The van der Waals surface area contributed by atoms with Crippen molar-refractivity contribution in [1.29, 1.82) is 0 Å². The van der Waals surface area contributed by atoms with Gasteiger partial charge in [0.1, 0.15) is 5.75 Å². The van der Waals surface area contributed by atoms with Gasteiger partial charge in [0.15, 0.2) is 0 Å². The highest BCUT2D eigenvalue weighted by Crippen LogP contribution is 2.35. The molecule has 0 N–H and O–H groups in total. The summed E-state index contributed by atoms with van der Waals surface area (Å²) in [6, 6.07) is 20.2. The number of unbranched alkanes of at least 4 members (excludes halogenated alkanes) is 1. The topological polar surface area (TPSA) is 55.8 Å². The van der Waals surface area contributed by atoms with E-state index in [1.807, 2.05) is 24.3 Å². The van der Waals surface area contributed by atoms with Gasteiger partial charge in [-0.2, -0.15) is 0 Å². The number of alkyl halides is 3. The van der Waals surface area contributed by atoms with Crippen LogP contribution in [0.1, 0.15) is 64.1 Å². The molecule has 0 spiro atoms. The maximum absolute atomic E-state index is 13.3. The Hall–Kier alpha value is -3.81. The van der Waals surface area contributed by atoms with Crippen molar-refractivity contribution in [1.82, 2.24) is 0 Å². The maximum Gasteiger partial charge on any atom is 0.573 e. The standard InChI is InChI=1S/C31H34F3NO4/c1-6-7-8-27(23-9-15-24(16-10-23)30(2,3)4)35(28(36)29(37)38-5)25-17-11-21(12-18-25)22-13-19-26(20-14-22)39-31(32,33)34/h9-20,27H,6-8H2,1-5H3. The molecule has 0 radical (unpaired) electrons. The van der Waals surface area contributed by atoms with Crippen LogP contribution in [0.5, 0.6) is 5.75 Å². The van der Waals surface area contributed by atoms with Crippen LogP contribution in [0.4, 0.5) is 18.9 Å². The molecule has 8 heteroatoms. The lowest BCUT2D eigenvalue weighted by Crippen LogP contribution is -2.40. The molecular weight excluding hydrogens is 507 g/mol. The van der Waals surface area contributed by atoms with Crippen LogP contribution in [-0.2, 0) is 19.7 Å². The minimum atomic E-state index is -4.76. The molecule has 0 heterocycles. The smallest absolute Gasteiger partial charge is 0.462 e. The number of ether oxygens (including phenoxy) is 2. The molecule has 5 nitrogen and oxygen atoms in total. The number of carbonyl (C=O) groups is 2. The van der Waals surface area contributed by atoms with Crippen LogP contribution in [0.2, 0.25) is 0 Å². The van der Waals surface area contributed by atoms with Crippen molar-refractivity contribution < 1.29 is 32.2 Å². The van der Waals surface area contributed by atoms with Crippen molar-refractivity contribution in [2.45, 2.75) is 64.8 Å². The van der Waals surface area contributed by atoms with Gasteiger partial charge in [0.05, 0.1) is 13.2 Å². The zero-order valence-electron chi connectivity index (χ0n) is 22.8. The number of nitrogens with zero attached hydrogens (tertiary/aromatic N) is 1. The van der Waals surface area contributed by atoms with Crippen LogP contribution >= 0.6 is 0 Å². The molecule has 0 saturated heterocycles. The summed E-state index contributed by atoms with van der Waals surface area (Å²) in [4.78, 5) is 27.2. The number of esters is 1. The van der Waals surface area contributed by atoms with E-state index in [9.17, 15) is 22.8 Å². The highest BCUT2D eigenvalue weighted by molar-refractivity contribution is 6.38. The van der Waals surface area contributed by atoms with Crippen molar-refractivity contribution in [2.24, 2.45) is 0 Å². The lowest BCUT2D eigenvalue weighted by Gasteiger charge is -2.32. The number of halogens is 3. The first-order valence-electron chi connectivity index (χ1n) is 12.8. The summed E-state index contributed by atoms with van der Waals surface area (Å²) in [6.45, 7) is 8.44. The molecule has 3 rings (SSSR count). The lowest BCUT2D eigenvalue weighted by atomic mass is 9.85. The van der Waals surface area contributed by atoms with Gasteiger partial charge in [-0.05, 0) is 58.4 Å². The average Bonchev–Trinajstić information content (AvgIpc) is 2.89. The van der Waals surface area contributed by atoms with E-state index in [2.05, 4.69) is 32.4 Å². The Labute approximate surface area is 227 Å². The summed E-state index contributed by atoms with van der Waals surface area (Å²) in [5.41, 5.74) is 3.92. The van der Waals surface area contributed by atoms with Gasteiger partial charge in [-0.15, -0.1) is 13.2 Å². The van der Waals surface area contributed by atoms with Gasteiger partial charge in [0.25, 0.3) is 0 Å². The predicted octanol–water partition coefficient (Wildman–Crippen LogP) is 7.99. The summed E-state index contributed by atoms with van der Waals surface area (Å²) in [7, 11) is 1.17. The number of carbonyl (C=O) groups excluding carboxylic acids is 2. The summed E-state index contributed by atoms with van der Waals surface area (Å²) in [5.74, 6) is -2.05. The lowest BCUT2D eigenvalue weighted by molar-refractivity contribution is -0.274. The van der Waals surface area contributed by atoms with E-state index in [4.69, 9.17) is 4.74 Å². The molecule has 0 saturated carbocycles. The molecule has 0 bridgehead atoms. The predicted molar refractivity (Wildman–Crippen MR) is 145 cm³/mol. The van der Waals surface area contributed by atoms with Gasteiger partial charge < -0.3 is 9.47 Å². The van der Waals surface area contributed by atoms with Gasteiger partial charge in [-0.25, -0.2) is 4.79 Å².